The highest BCUT2D eigenvalue weighted by atomic mass is 16.5. The Kier molecular flexibility index (Phi) is 3.97. The number of hydrogen-bond donors (Lipinski definition) is 0. The van der Waals surface area contributed by atoms with Gasteiger partial charge in [-0.05, 0) is 54.3 Å². The van der Waals surface area contributed by atoms with Gasteiger partial charge in [0.1, 0.15) is 5.75 Å². The molecule has 0 spiro atoms. The molecular formula is C21H20O. The minimum absolute atomic E-state index is 0.883. The Balaban J connectivity index is 2.10. The van der Waals surface area contributed by atoms with Gasteiger partial charge in [0.15, 0.2) is 0 Å². The summed E-state index contributed by atoms with van der Waals surface area (Å²) in [5, 5.41) is 0. The van der Waals surface area contributed by atoms with Crippen molar-refractivity contribution in [3.63, 3.8) is 0 Å². The van der Waals surface area contributed by atoms with E-state index in [-0.39, 0.29) is 0 Å². The predicted molar refractivity (Wildman–Crippen MR) is 93.3 cm³/mol. The van der Waals surface area contributed by atoms with Gasteiger partial charge in [0.05, 0.1) is 7.11 Å². The molecule has 0 aliphatic rings. The summed E-state index contributed by atoms with van der Waals surface area (Å²) >= 11 is 0. The average Bonchev–Trinajstić information content (AvgIpc) is 2.55. The van der Waals surface area contributed by atoms with Crippen molar-refractivity contribution in [1.82, 2.24) is 0 Å². The minimum Gasteiger partial charge on any atom is -0.497 e. The summed E-state index contributed by atoms with van der Waals surface area (Å²) in [5.41, 5.74) is 7.30. The van der Waals surface area contributed by atoms with E-state index in [1.807, 2.05) is 0 Å². The predicted octanol–water partition coefficient (Wildman–Crippen LogP) is 5.65. The highest BCUT2D eigenvalue weighted by Gasteiger charge is 2.06. The lowest BCUT2D eigenvalue weighted by Crippen LogP contribution is -1.88. The largest absolute Gasteiger partial charge is 0.497 e. The molecule has 0 N–H and O–H groups in total. The summed E-state index contributed by atoms with van der Waals surface area (Å²) in [6, 6.07) is 23.6. The minimum atomic E-state index is 0.883. The molecule has 3 rings (SSSR count). The van der Waals surface area contributed by atoms with Gasteiger partial charge in [-0.1, -0.05) is 59.7 Å². The molecule has 1 heteroatoms. The molecule has 0 saturated heterocycles. The van der Waals surface area contributed by atoms with E-state index in [4.69, 9.17) is 4.74 Å². The van der Waals surface area contributed by atoms with Crippen LogP contribution in [-0.4, -0.2) is 7.11 Å². The number of rotatable bonds is 3. The van der Waals surface area contributed by atoms with Crippen molar-refractivity contribution in [3.8, 4) is 28.0 Å². The number of aryl methyl sites for hydroxylation is 2. The first-order valence-electron chi connectivity index (χ1n) is 7.49. The summed E-state index contributed by atoms with van der Waals surface area (Å²) in [4.78, 5) is 0. The van der Waals surface area contributed by atoms with E-state index >= 15 is 0 Å². The highest BCUT2D eigenvalue weighted by molar-refractivity contribution is 5.75. The zero-order valence-corrected chi connectivity index (χ0v) is 13.3. The van der Waals surface area contributed by atoms with Gasteiger partial charge in [-0.2, -0.15) is 0 Å². The van der Waals surface area contributed by atoms with E-state index in [1.165, 1.54) is 33.4 Å². The third kappa shape index (κ3) is 3.04. The average molecular weight is 288 g/mol. The van der Waals surface area contributed by atoms with Crippen LogP contribution in [0.5, 0.6) is 5.75 Å². The topological polar surface area (TPSA) is 9.23 Å². The van der Waals surface area contributed by atoms with Crippen LogP contribution in [0.2, 0.25) is 0 Å². The Morgan fingerprint density at radius 1 is 0.545 bits per heavy atom. The standard InChI is InChI=1S/C21H20O/c1-15-4-8-17(9-5-15)19-12-20(14-21(13-19)22-3)18-10-6-16(2)7-11-18/h4-14H,1-3H3. The molecular weight excluding hydrogens is 268 g/mol. The Morgan fingerprint density at radius 2 is 0.955 bits per heavy atom. The zero-order valence-electron chi connectivity index (χ0n) is 13.3. The van der Waals surface area contributed by atoms with Crippen molar-refractivity contribution in [1.29, 1.82) is 0 Å². The first-order valence-corrected chi connectivity index (χ1v) is 7.49. The van der Waals surface area contributed by atoms with E-state index < -0.39 is 0 Å². The van der Waals surface area contributed by atoms with Crippen LogP contribution in [0.4, 0.5) is 0 Å². The second-order valence-electron chi connectivity index (χ2n) is 5.68. The molecule has 0 aliphatic carbocycles. The van der Waals surface area contributed by atoms with Crippen LogP contribution < -0.4 is 4.74 Å². The van der Waals surface area contributed by atoms with E-state index in [2.05, 4.69) is 80.6 Å². The highest BCUT2D eigenvalue weighted by Crippen LogP contribution is 2.31. The first-order chi connectivity index (χ1) is 10.7. The van der Waals surface area contributed by atoms with Crippen molar-refractivity contribution < 1.29 is 4.74 Å². The van der Waals surface area contributed by atoms with Gasteiger partial charge in [0, 0.05) is 0 Å². The smallest absolute Gasteiger partial charge is 0.120 e. The third-order valence-electron chi connectivity index (χ3n) is 3.91. The van der Waals surface area contributed by atoms with Gasteiger partial charge < -0.3 is 4.74 Å². The third-order valence-corrected chi connectivity index (χ3v) is 3.91. The molecule has 0 bridgehead atoms. The Morgan fingerprint density at radius 3 is 1.32 bits per heavy atom. The quantitative estimate of drug-likeness (QED) is 0.605. The Labute approximate surface area is 132 Å². The second kappa shape index (κ2) is 6.07. The molecule has 0 fully saturated rings. The van der Waals surface area contributed by atoms with Gasteiger partial charge in [-0.3, -0.25) is 0 Å². The molecule has 3 aromatic rings. The normalized spacial score (nSPS) is 10.5. The molecule has 110 valence electrons. The van der Waals surface area contributed by atoms with Crippen LogP contribution in [0.1, 0.15) is 11.1 Å². The van der Waals surface area contributed by atoms with Gasteiger partial charge in [0.25, 0.3) is 0 Å². The van der Waals surface area contributed by atoms with Crippen LogP contribution in [0.3, 0.4) is 0 Å². The fourth-order valence-electron chi connectivity index (χ4n) is 2.54. The summed E-state index contributed by atoms with van der Waals surface area (Å²) < 4.78 is 5.49. The molecule has 0 aromatic heterocycles. The van der Waals surface area contributed by atoms with Crippen molar-refractivity contribution in [2.75, 3.05) is 7.11 Å². The van der Waals surface area contributed by atoms with Crippen molar-refractivity contribution in [3.05, 3.63) is 77.9 Å². The summed E-state index contributed by atoms with van der Waals surface area (Å²) in [5.74, 6) is 0.883. The molecule has 0 amide bonds. The van der Waals surface area contributed by atoms with Crippen LogP contribution in [-0.2, 0) is 0 Å². The number of benzene rings is 3. The molecule has 0 aliphatic heterocycles. The fraction of sp³-hybridized carbons (Fsp3) is 0.143. The Bertz CT molecular complexity index is 704. The van der Waals surface area contributed by atoms with Gasteiger partial charge in [-0.15, -0.1) is 0 Å². The van der Waals surface area contributed by atoms with Gasteiger partial charge >= 0.3 is 0 Å². The maximum Gasteiger partial charge on any atom is 0.120 e. The molecule has 0 radical (unpaired) electrons. The van der Waals surface area contributed by atoms with E-state index in [1.54, 1.807) is 7.11 Å². The van der Waals surface area contributed by atoms with Gasteiger partial charge in [-0.25, -0.2) is 0 Å². The first kappa shape index (κ1) is 14.4. The lowest BCUT2D eigenvalue weighted by molar-refractivity contribution is 0.415. The molecule has 3 aromatic carbocycles. The molecule has 0 heterocycles. The summed E-state index contributed by atoms with van der Waals surface area (Å²) in [6.45, 7) is 4.21. The number of hydrogen-bond acceptors (Lipinski definition) is 1. The maximum atomic E-state index is 5.49. The van der Waals surface area contributed by atoms with Crippen LogP contribution in [0, 0.1) is 13.8 Å². The lowest BCUT2D eigenvalue weighted by Gasteiger charge is -2.10. The molecule has 0 unspecified atom stereocenters. The molecule has 22 heavy (non-hydrogen) atoms. The summed E-state index contributed by atoms with van der Waals surface area (Å²) in [6.07, 6.45) is 0. The fourth-order valence-corrected chi connectivity index (χ4v) is 2.54. The molecule has 0 saturated carbocycles. The maximum absolute atomic E-state index is 5.49. The molecule has 1 nitrogen and oxygen atoms in total. The number of ether oxygens (including phenoxy) is 1. The molecule has 0 atom stereocenters. The zero-order chi connectivity index (χ0) is 15.5. The van der Waals surface area contributed by atoms with E-state index in [9.17, 15) is 0 Å². The summed E-state index contributed by atoms with van der Waals surface area (Å²) in [7, 11) is 1.72. The van der Waals surface area contributed by atoms with E-state index in [0.717, 1.165) is 5.75 Å². The van der Waals surface area contributed by atoms with Gasteiger partial charge in [0.2, 0.25) is 0 Å². The van der Waals surface area contributed by atoms with Crippen molar-refractivity contribution >= 4 is 0 Å². The van der Waals surface area contributed by atoms with Crippen molar-refractivity contribution in [2.45, 2.75) is 13.8 Å². The monoisotopic (exact) mass is 288 g/mol. The van der Waals surface area contributed by atoms with Crippen molar-refractivity contribution in [2.24, 2.45) is 0 Å². The second-order valence-corrected chi connectivity index (χ2v) is 5.68. The number of methoxy groups -OCH3 is 1. The van der Waals surface area contributed by atoms with Crippen LogP contribution in [0.25, 0.3) is 22.3 Å². The van der Waals surface area contributed by atoms with Crippen LogP contribution >= 0.6 is 0 Å². The lowest BCUT2D eigenvalue weighted by atomic mass is 9.97. The Hall–Kier alpha value is -2.54. The SMILES string of the molecule is COc1cc(-c2ccc(C)cc2)cc(-c2ccc(C)cc2)c1. The van der Waals surface area contributed by atoms with E-state index in [0.29, 0.717) is 0 Å². The van der Waals surface area contributed by atoms with Crippen LogP contribution in [0.15, 0.2) is 66.7 Å².